The largest absolute Gasteiger partial charge is 0.325 e. The van der Waals surface area contributed by atoms with Crippen molar-refractivity contribution in [3.63, 3.8) is 0 Å². The molecule has 1 N–H and O–H groups in total. The minimum absolute atomic E-state index is 0.0209. The SMILES string of the molecule is O=C(CCSc1ccc(Cl)cc1)Nc1ccccc1Sc1ccccc1. The van der Waals surface area contributed by atoms with Gasteiger partial charge in [0.05, 0.1) is 5.69 Å². The van der Waals surface area contributed by atoms with E-state index in [2.05, 4.69) is 17.4 Å². The predicted octanol–water partition coefficient (Wildman–Crippen LogP) is 6.61. The van der Waals surface area contributed by atoms with Gasteiger partial charge in [0.1, 0.15) is 0 Å². The van der Waals surface area contributed by atoms with Crippen molar-refractivity contribution in [3.8, 4) is 0 Å². The van der Waals surface area contributed by atoms with E-state index >= 15 is 0 Å². The van der Waals surface area contributed by atoms with Gasteiger partial charge in [-0.1, -0.05) is 53.7 Å². The van der Waals surface area contributed by atoms with Crippen LogP contribution in [0.3, 0.4) is 0 Å². The Labute approximate surface area is 167 Å². The molecular weight excluding hydrogens is 382 g/mol. The fraction of sp³-hybridized carbons (Fsp3) is 0.0952. The molecule has 0 aromatic heterocycles. The average molecular weight is 400 g/mol. The first-order valence-corrected chi connectivity index (χ1v) is 10.4. The second-order valence-corrected chi connectivity index (χ2v) is 8.23. The van der Waals surface area contributed by atoms with Gasteiger partial charge >= 0.3 is 0 Å². The number of para-hydroxylation sites is 1. The van der Waals surface area contributed by atoms with Crippen LogP contribution < -0.4 is 5.32 Å². The highest BCUT2D eigenvalue weighted by Crippen LogP contribution is 2.33. The zero-order valence-corrected chi connectivity index (χ0v) is 16.4. The molecule has 132 valence electrons. The number of rotatable bonds is 7. The van der Waals surface area contributed by atoms with Gasteiger partial charge in [-0.05, 0) is 48.5 Å². The van der Waals surface area contributed by atoms with Gasteiger partial charge < -0.3 is 5.32 Å². The number of hydrogen-bond acceptors (Lipinski definition) is 3. The van der Waals surface area contributed by atoms with Crippen LogP contribution in [0.4, 0.5) is 5.69 Å². The zero-order chi connectivity index (χ0) is 18.2. The van der Waals surface area contributed by atoms with Crippen LogP contribution in [0.2, 0.25) is 5.02 Å². The van der Waals surface area contributed by atoms with E-state index in [-0.39, 0.29) is 5.91 Å². The van der Waals surface area contributed by atoms with Crippen LogP contribution >= 0.6 is 35.1 Å². The lowest BCUT2D eigenvalue weighted by Crippen LogP contribution is -2.12. The van der Waals surface area contributed by atoms with E-state index in [0.717, 1.165) is 31.1 Å². The van der Waals surface area contributed by atoms with Crippen LogP contribution in [0, 0.1) is 0 Å². The van der Waals surface area contributed by atoms with Crippen LogP contribution in [-0.2, 0) is 4.79 Å². The fourth-order valence-corrected chi connectivity index (χ4v) is 4.18. The van der Waals surface area contributed by atoms with Gasteiger partial charge in [-0.3, -0.25) is 4.79 Å². The normalized spacial score (nSPS) is 10.5. The molecule has 0 atom stereocenters. The van der Waals surface area contributed by atoms with Gasteiger partial charge in [0.2, 0.25) is 5.91 Å². The van der Waals surface area contributed by atoms with Crippen LogP contribution in [-0.4, -0.2) is 11.7 Å². The smallest absolute Gasteiger partial charge is 0.225 e. The summed E-state index contributed by atoms with van der Waals surface area (Å²) in [6.07, 6.45) is 0.456. The van der Waals surface area contributed by atoms with Gasteiger partial charge in [0, 0.05) is 31.9 Å². The van der Waals surface area contributed by atoms with Crippen LogP contribution in [0.5, 0.6) is 0 Å². The summed E-state index contributed by atoms with van der Waals surface area (Å²) in [5, 5.41) is 3.75. The molecule has 3 aromatic carbocycles. The van der Waals surface area contributed by atoms with Crippen molar-refractivity contribution in [1.82, 2.24) is 0 Å². The Morgan fingerprint density at radius 3 is 2.31 bits per heavy atom. The summed E-state index contributed by atoms with van der Waals surface area (Å²) in [4.78, 5) is 15.6. The first kappa shape index (κ1) is 18.9. The maximum absolute atomic E-state index is 12.3. The Hall–Kier alpha value is -1.88. The highest BCUT2D eigenvalue weighted by molar-refractivity contribution is 7.99. The van der Waals surface area contributed by atoms with Crippen molar-refractivity contribution in [2.24, 2.45) is 0 Å². The van der Waals surface area contributed by atoms with E-state index in [1.165, 1.54) is 0 Å². The third kappa shape index (κ3) is 5.84. The van der Waals surface area contributed by atoms with E-state index in [4.69, 9.17) is 11.6 Å². The van der Waals surface area contributed by atoms with E-state index in [1.54, 1.807) is 23.5 Å². The lowest BCUT2D eigenvalue weighted by atomic mass is 10.3. The van der Waals surface area contributed by atoms with Crippen molar-refractivity contribution in [2.75, 3.05) is 11.1 Å². The third-order valence-electron chi connectivity index (χ3n) is 3.54. The summed E-state index contributed by atoms with van der Waals surface area (Å²) in [5.74, 6) is 0.745. The molecule has 0 bridgehead atoms. The molecule has 0 aliphatic carbocycles. The summed E-state index contributed by atoms with van der Waals surface area (Å²) in [6.45, 7) is 0. The third-order valence-corrected chi connectivity index (χ3v) is 5.89. The molecule has 1 amide bonds. The van der Waals surface area contributed by atoms with Crippen LogP contribution in [0.1, 0.15) is 6.42 Å². The van der Waals surface area contributed by atoms with Gasteiger partial charge in [-0.15, -0.1) is 11.8 Å². The Morgan fingerprint density at radius 1 is 0.846 bits per heavy atom. The topological polar surface area (TPSA) is 29.1 Å². The highest BCUT2D eigenvalue weighted by atomic mass is 35.5. The summed E-state index contributed by atoms with van der Waals surface area (Å²) in [7, 11) is 0. The first-order chi connectivity index (χ1) is 12.7. The van der Waals surface area contributed by atoms with Crippen molar-refractivity contribution >= 4 is 46.7 Å². The Bertz CT molecular complexity index is 853. The molecule has 26 heavy (non-hydrogen) atoms. The lowest BCUT2D eigenvalue weighted by Gasteiger charge is -2.11. The summed E-state index contributed by atoms with van der Waals surface area (Å²) in [5.41, 5.74) is 0.850. The number of carbonyl (C=O) groups excluding carboxylic acids is 1. The summed E-state index contributed by atoms with van der Waals surface area (Å²) in [6, 6.07) is 25.7. The number of carbonyl (C=O) groups is 1. The molecular formula is C21H18ClNOS2. The second kappa shape index (κ2) is 9.72. The van der Waals surface area contributed by atoms with Gasteiger partial charge in [-0.25, -0.2) is 0 Å². The van der Waals surface area contributed by atoms with Crippen LogP contribution in [0.25, 0.3) is 0 Å². The maximum Gasteiger partial charge on any atom is 0.225 e. The molecule has 0 aliphatic heterocycles. The minimum Gasteiger partial charge on any atom is -0.325 e. The Balaban J connectivity index is 1.55. The molecule has 0 aliphatic rings. The second-order valence-electron chi connectivity index (χ2n) is 5.51. The van der Waals surface area contributed by atoms with Gasteiger partial charge in [0.15, 0.2) is 0 Å². The zero-order valence-electron chi connectivity index (χ0n) is 14.0. The standard InChI is InChI=1S/C21H18ClNOS2/c22-16-10-12-17(13-11-16)25-15-14-21(24)23-19-8-4-5-9-20(19)26-18-6-2-1-3-7-18/h1-13H,14-15H2,(H,23,24). The number of halogens is 1. The number of thioether (sulfide) groups is 1. The number of hydrogen-bond donors (Lipinski definition) is 1. The number of amides is 1. The molecule has 0 saturated carbocycles. The summed E-state index contributed by atoms with van der Waals surface area (Å²) >= 11 is 9.18. The Kier molecular flexibility index (Phi) is 7.06. The highest BCUT2D eigenvalue weighted by Gasteiger charge is 2.08. The molecule has 2 nitrogen and oxygen atoms in total. The number of nitrogens with one attached hydrogen (secondary N) is 1. The molecule has 0 spiro atoms. The maximum atomic E-state index is 12.3. The number of benzene rings is 3. The van der Waals surface area contributed by atoms with Crippen molar-refractivity contribution in [2.45, 2.75) is 21.1 Å². The van der Waals surface area contributed by atoms with Crippen LogP contribution in [0.15, 0.2) is 93.5 Å². The molecule has 0 radical (unpaired) electrons. The quantitative estimate of drug-likeness (QED) is 0.453. The van der Waals surface area contributed by atoms with E-state index in [1.807, 2.05) is 66.7 Å². The van der Waals surface area contributed by atoms with Crippen molar-refractivity contribution < 1.29 is 4.79 Å². The number of anilines is 1. The van der Waals surface area contributed by atoms with Crippen molar-refractivity contribution in [3.05, 3.63) is 83.9 Å². The van der Waals surface area contributed by atoms with Gasteiger partial charge in [0.25, 0.3) is 0 Å². The van der Waals surface area contributed by atoms with E-state index in [9.17, 15) is 4.79 Å². The molecule has 5 heteroatoms. The molecule has 0 heterocycles. The van der Waals surface area contributed by atoms with Crippen molar-refractivity contribution in [1.29, 1.82) is 0 Å². The average Bonchev–Trinajstić information content (AvgIpc) is 2.66. The van der Waals surface area contributed by atoms with E-state index in [0.29, 0.717) is 6.42 Å². The molecule has 3 aromatic rings. The fourth-order valence-electron chi connectivity index (χ4n) is 2.28. The Morgan fingerprint density at radius 2 is 1.54 bits per heavy atom. The lowest BCUT2D eigenvalue weighted by molar-refractivity contribution is -0.115. The summed E-state index contributed by atoms with van der Waals surface area (Å²) < 4.78 is 0. The first-order valence-electron chi connectivity index (χ1n) is 8.21. The molecule has 0 unspecified atom stereocenters. The predicted molar refractivity (Wildman–Crippen MR) is 112 cm³/mol. The molecule has 0 fully saturated rings. The molecule has 0 saturated heterocycles. The van der Waals surface area contributed by atoms with E-state index < -0.39 is 0 Å². The minimum atomic E-state index is 0.0209. The monoisotopic (exact) mass is 399 g/mol. The van der Waals surface area contributed by atoms with Gasteiger partial charge in [-0.2, -0.15) is 0 Å². The molecule has 3 rings (SSSR count).